The highest BCUT2D eigenvalue weighted by molar-refractivity contribution is 7.88. The number of amides is 2. The Bertz CT molecular complexity index is 790. The molecule has 3 rings (SSSR count). The van der Waals surface area contributed by atoms with E-state index in [-0.39, 0.29) is 24.3 Å². The SMILES string of the molecule is CS(=O)(=O)NCC(=O)N1CCC[C@H](c2ccc(C(=O)NCC3CC3)cn2)C1. The Morgan fingerprint density at radius 2 is 2.04 bits per heavy atom. The van der Waals surface area contributed by atoms with Gasteiger partial charge in [0.2, 0.25) is 15.9 Å². The number of nitrogens with zero attached hydrogens (tertiary/aromatic N) is 2. The van der Waals surface area contributed by atoms with Crippen molar-refractivity contribution in [2.24, 2.45) is 5.92 Å². The maximum atomic E-state index is 12.2. The molecule has 0 spiro atoms. The molecule has 2 fully saturated rings. The van der Waals surface area contributed by atoms with E-state index in [4.69, 9.17) is 0 Å². The van der Waals surface area contributed by atoms with E-state index in [1.54, 1.807) is 17.2 Å². The van der Waals surface area contributed by atoms with Crippen LogP contribution in [0.2, 0.25) is 0 Å². The summed E-state index contributed by atoms with van der Waals surface area (Å²) < 4.78 is 24.5. The van der Waals surface area contributed by atoms with E-state index >= 15 is 0 Å². The van der Waals surface area contributed by atoms with Gasteiger partial charge in [-0.05, 0) is 43.7 Å². The van der Waals surface area contributed by atoms with Crippen LogP contribution in [0.4, 0.5) is 0 Å². The van der Waals surface area contributed by atoms with Gasteiger partial charge in [0.15, 0.2) is 0 Å². The van der Waals surface area contributed by atoms with Crippen molar-refractivity contribution in [1.29, 1.82) is 0 Å². The maximum Gasteiger partial charge on any atom is 0.252 e. The van der Waals surface area contributed by atoms with E-state index < -0.39 is 10.0 Å². The molecule has 2 aliphatic rings. The number of carbonyl (C=O) groups excluding carboxylic acids is 2. The van der Waals surface area contributed by atoms with Crippen LogP contribution in [0.5, 0.6) is 0 Å². The third-order valence-electron chi connectivity index (χ3n) is 4.97. The van der Waals surface area contributed by atoms with Crippen LogP contribution in [-0.2, 0) is 14.8 Å². The molecule has 1 aromatic rings. The topological polar surface area (TPSA) is 108 Å². The summed E-state index contributed by atoms with van der Waals surface area (Å²) in [5, 5.41) is 2.92. The number of carbonyl (C=O) groups is 2. The summed E-state index contributed by atoms with van der Waals surface area (Å²) in [4.78, 5) is 30.4. The molecule has 9 heteroatoms. The minimum atomic E-state index is -3.39. The molecule has 1 saturated carbocycles. The number of piperidine rings is 1. The Morgan fingerprint density at radius 3 is 2.67 bits per heavy atom. The van der Waals surface area contributed by atoms with Crippen molar-refractivity contribution in [2.75, 3.05) is 32.4 Å². The zero-order chi connectivity index (χ0) is 19.4. The van der Waals surface area contributed by atoms with Crippen molar-refractivity contribution < 1.29 is 18.0 Å². The number of likely N-dealkylation sites (tertiary alicyclic amines) is 1. The van der Waals surface area contributed by atoms with Gasteiger partial charge in [-0.1, -0.05) is 0 Å². The predicted octanol–water partition coefficient (Wildman–Crippen LogP) is 0.477. The Kier molecular flexibility index (Phi) is 6.11. The molecular weight excluding hydrogens is 368 g/mol. The summed E-state index contributed by atoms with van der Waals surface area (Å²) in [7, 11) is -3.39. The second kappa shape index (κ2) is 8.35. The number of sulfonamides is 1. The largest absolute Gasteiger partial charge is 0.352 e. The molecule has 148 valence electrons. The smallest absolute Gasteiger partial charge is 0.252 e. The lowest BCUT2D eigenvalue weighted by Crippen LogP contribution is -2.44. The number of nitrogens with one attached hydrogen (secondary N) is 2. The van der Waals surface area contributed by atoms with Gasteiger partial charge in [0.05, 0.1) is 18.4 Å². The molecule has 2 N–H and O–H groups in total. The first kappa shape index (κ1) is 19.8. The van der Waals surface area contributed by atoms with Crippen LogP contribution in [-0.4, -0.2) is 62.6 Å². The van der Waals surface area contributed by atoms with E-state index in [2.05, 4.69) is 15.0 Å². The number of hydrogen-bond donors (Lipinski definition) is 2. The molecule has 0 aromatic carbocycles. The van der Waals surface area contributed by atoms with Crippen molar-refractivity contribution in [1.82, 2.24) is 19.9 Å². The van der Waals surface area contributed by atoms with Crippen LogP contribution in [0, 0.1) is 5.92 Å². The van der Waals surface area contributed by atoms with Gasteiger partial charge in [0, 0.05) is 37.4 Å². The molecule has 1 saturated heterocycles. The van der Waals surface area contributed by atoms with Gasteiger partial charge >= 0.3 is 0 Å². The first-order chi connectivity index (χ1) is 12.8. The molecule has 27 heavy (non-hydrogen) atoms. The van der Waals surface area contributed by atoms with Gasteiger partial charge in [-0.2, -0.15) is 0 Å². The first-order valence-corrected chi connectivity index (χ1v) is 11.2. The van der Waals surface area contributed by atoms with E-state index in [0.717, 1.165) is 31.3 Å². The van der Waals surface area contributed by atoms with Crippen LogP contribution in [0.1, 0.15) is 47.7 Å². The number of hydrogen-bond acceptors (Lipinski definition) is 5. The zero-order valence-corrected chi connectivity index (χ0v) is 16.3. The third kappa shape index (κ3) is 6.00. The van der Waals surface area contributed by atoms with Gasteiger partial charge in [-0.25, -0.2) is 13.1 Å². The second-order valence-electron chi connectivity index (χ2n) is 7.40. The lowest BCUT2D eigenvalue weighted by atomic mass is 9.94. The fourth-order valence-corrected chi connectivity index (χ4v) is 3.58. The normalized spacial score (nSPS) is 20.3. The Morgan fingerprint density at radius 1 is 1.26 bits per heavy atom. The fourth-order valence-electron chi connectivity index (χ4n) is 3.19. The van der Waals surface area contributed by atoms with E-state index in [9.17, 15) is 18.0 Å². The highest BCUT2D eigenvalue weighted by atomic mass is 32.2. The lowest BCUT2D eigenvalue weighted by molar-refractivity contribution is -0.131. The quantitative estimate of drug-likeness (QED) is 0.699. The second-order valence-corrected chi connectivity index (χ2v) is 9.23. The van der Waals surface area contributed by atoms with Crippen molar-refractivity contribution >= 4 is 21.8 Å². The summed E-state index contributed by atoms with van der Waals surface area (Å²) in [5.74, 6) is 0.378. The molecule has 2 amide bonds. The van der Waals surface area contributed by atoms with Crippen LogP contribution < -0.4 is 10.0 Å². The molecule has 2 heterocycles. The van der Waals surface area contributed by atoms with Crippen molar-refractivity contribution in [3.05, 3.63) is 29.6 Å². The molecule has 0 radical (unpaired) electrons. The summed E-state index contributed by atoms with van der Waals surface area (Å²) in [6, 6.07) is 3.62. The zero-order valence-electron chi connectivity index (χ0n) is 15.5. The molecule has 8 nitrogen and oxygen atoms in total. The van der Waals surface area contributed by atoms with Crippen LogP contribution in [0.15, 0.2) is 18.3 Å². The number of aromatic nitrogens is 1. The molecule has 1 aromatic heterocycles. The highest BCUT2D eigenvalue weighted by Crippen LogP contribution is 2.28. The first-order valence-electron chi connectivity index (χ1n) is 9.28. The molecule has 1 aliphatic carbocycles. The number of rotatable bonds is 7. The lowest BCUT2D eigenvalue weighted by Gasteiger charge is -2.32. The standard InChI is InChI=1S/C18H26N4O4S/c1-27(25,26)21-11-17(23)22-8-2-3-15(12-22)16-7-6-14(10-19-16)18(24)20-9-13-4-5-13/h6-7,10,13,15,21H,2-5,8-9,11-12H2,1H3,(H,20,24)/t15-/m0/s1. The average molecular weight is 394 g/mol. The van der Waals surface area contributed by atoms with Crippen molar-refractivity contribution in [2.45, 2.75) is 31.6 Å². The minimum Gasteiger partial charge on any atom is -0.352 e. The van der Waals surface area contributed by atoms with Gasteiger partial charge < -0.3 is 10.2 Å². The third-order valence-corrected chi connectivity index (χ3v) is 5.64. The Hall–Kier alpha value is -2.00. The van der Waals surface area contributed by atoms with E-state index in [1.807, 2.05) is 6.07 Å². The van der Waals surface area contributed by atoms with E-state index in [1.165, 1.54) is 12.8 Å². The molecular formula is C18H26N4O4S. The molecule has 0 unspecified atom stereocenters. The van der Waals surface area contributed by atoms with Gasteiger partial charge in [-0.15, -0.1) is 0 Å². The summed E-state index contributed by atoms with van der Waals surface area (Å²) in [5.41, 5.74) is 1.39. The fraction of sp³-hybridized carbons (Fsp3) is 0.611. The van der Waals surface area contributed by atoms with Gasteiger partial charge in [-0.3, -0.25) is 14.6 Å². The Labute approximate surface area is 159 Å². The van der Waals surface area contributed by atoms with E-state index in [0.29, 0.717) is 24.6 Å². The molecule has 0 bridgehead atoms. The minimum absolute atomic E-state index is 0.0875. The predicted molar refractivity (Wildman–Crippen MR) is 101 cm³/mol. The highest BCUT2D eigenvalue weighted by Gasteiger charge is 2.26. The summed E-state index contributed by atoms with van der Waals surface area (Å²) in [6.45, 7) is 1.62. The van der Waals surface area contributed by atoms with Crippen LogP contribution in [0.25, 0.3) is 0 Å². The van der Waals surface area contributed by atoms with Crippen LogP contribution in [0.3, 0.4) is 0 Å². The number of pyridine rings is 1. The summed E-state index contributed by atoms with van der Waals surface area (Å²) in [6.07, 6.45) is 6.74. The molecule has 1 atom stereocenters. The van der Waals surface area contributed by atoms with Crippen LogP contribution >= 0.6 is 0 Å². The van der Waals surface area contributed by atoms with Crippen molar-refractivity contribution in [3.63, 3.8) is 0 Å². The maximum absolute atomic E-state index is 12.2. The monoisotopic (exact) mass is 394 g/mol. The molecule has 1 aliphatic heterocycles. The van der Waals surface area contributed by atoms with Gasteiger partial charge in [0.25, 0.3) is 5.91 Å². The Balaban J connectivity index is 1.55. The average Bonchev–Trinajstić information content (AvgIpc) is 3.48. The van der Waals surface area contributed by atoms with Crippen molar-refractivity contribution in [3.8, 4) is 0 Å². The van der Waals surface area contributed by atoms with Gasteiger partial charge in [0.1, 0.15) is 0 Å². The summed E-state index contributed by atoms with van der Waals surface area (Å²) >= 11 is 0.